The van der Waals surface area contributed by atoms with Gasteiger partial charge >= 0.3 is 0 Å². The SMILES string of the molecule is CC1CCc2c(ncn([C@@H](C)c3ccccc3)c2=O)C1. The van der Waals surface area contributed by atoms with Crippen LogP contribution in [0.25, 0.3) is 0 Å². The van der Waals surface area contributed by atoms with Gasteiger partial charge in [-0.05, 0) is 37.7 Å². The summed E-state index contributed by atoms with van der Waals surface area (Å²) in [6, 6.07) is 10.1. The van der Waals surface area contributed by atoms with Crippen LogP contribution in [-0.2, 0) is 12.8 Å². The molecule has 1 heterocycles. The van der Waals surface area contributed by atoms with Gasteiger partial charge in [-0.3, -0.25) is 9.36 Å². The van der Waals surface area contributed by atoms with Crippen molar-refractivity contribution in [2.45, 2.75) is 39.2 Å². The van der Waals surface area contributed by atoms with E-state index in [2.05, 4.69) is 31.0 Å². The van der Waals surface area contributed by atoms with E-state index in [-0.39, 0.29) is 11.6 Å². The summed E-state index contributed by atoms with van der Waals surface area (Å²) in [6.45, 7) is 4.28. The zero-order valence-electron chi connectivity index (χ0n) is 12.0. The van der Waals surface area contributed by atoms with Crippen molar-refractivity contribution in [3.05, 3.63) is 63.8 Å². The Morgan fingerprint density at radius 3 is 2.80 bits per heavy atom. The van der Waals surface area contributed by atoms with Gasteiger partial charge in [-0.1, -0.05) is 37.3 Å². The van der Waals surface area contributed by atoms with Gasteiger partial charge in [-0.2, -0.15) is 0 Å². The van der Waals surface area contributed by atoms with Crippen LogP contribution in [-0.4, -0.2) is 9.55 Å². The molecule has 0 bridgehead atoms. The molecule has 0 saturated carbocycles. The zero-order chi connectivity index (χ0) is 14.1. The molecule has 2 atom stereocenters. The number of fused-ring (bicyclic) bond motifs is 1. The maximum atomic E-state index is 12.7. The fraction of sp³-hybridized carbons (Fsp3) is 0.412. The number of aromatic nitrogens is 2. The third kappa shape index (κ3) is 2.28. The predicted molar refractivity (Wildman–Crippen MR) is 79.9 cm³/mol. The summed E-state index contributed by atoms with van der Waals surface area (Å²) >= 11 is 0. The molecule has 2 aromatic rings. The quantitative estimate of drug-likeness (QED) is 0.839. The van der Waals surface area contributed by atoms with Crippen LogP contribution in [0, 0.1) is 5.92 Å². The highest BCUT2D eigenvalue weighted by atomic mass is 16.1. The summed E-state index contributed by atoms with van der Waals surface area (Å²) in [4.78, 5) is 17.2. The fourth-order valence-electron chi connectivity index (χ4n) is 2.96. The second kappa shape index (κ2) is 5.23. The molecular formula is C17H20N2O. The Labute approximate surface area is 119 Å². The van der Waals surface area contributed by atoms with Crippen molar-refractivity contribution >= 4 is 0 Å². The Hall–Kier alpha value is -1.90. The Balaban J connectivity index is 2.02. The highest BCUT2D eigenvalue weighted by Crippen LogP contribution is 2.22. The van der Waals surface area contributed by atoms with E-state index in [0.29, 0.717) is 5.92 Å². The van der Waals surface area contributed by atoms with E-state index in [1.165, 1.54) is 0 Å². The van der Waals surface area contributed by atoms with Gasteiger partial charge in [-0.25, -0.2) is 4.98 Å². The fourth-order valence-corrected chi connectivity index (χ4v) is 2.96. The van der Waals surface area contributed by atoms with Crippen LogP contribution in [0.3, 0.4) is 0 Å². The number of hydrogen-bond acceptors (Lipinski definition) is 2. The van der Waals surface area contributed by atoms with Crippen molar-refractivity contribution in [1.82, 2.24) is 9.55 Å². The van der Waals surface area contributed by atoms with Crippen molar-refractivity contribution in [2.24, 2.45) is 5.92 Å². The first-order valence-corrected chi connectivity index (χ1v) is 7.30. The minimum absolute atomic E-state index is 0.0286. The number of rotatable bonds is 2. The molecule has 0 spiro atoms. The Morgan fingerprint density at radius 1 is 1.30 bits per heavy atom. The van der Waals surface area contributed by atoms with Gasteiger partial charge in [0.2, 0.25) is 0 Å². The number of nitrogens with zero attached hydrogens (tertiary/aromatic N) is 2. The lowest BCUT2D eigenvalue weighted by Crippen LogP contribution is -2.31. The van der Waals surface area contributed by atoms with E-state index in [1.807, 2.05) is 18.2 Å². The van der Waals surface area contributed by atoms with Crippen LogP contribution < -0.4 is 5.56 Å². The molecule has 3 nitrogen and oxygen atoms in total. The summed E-state index contributed by atoms with van der Waals surface area (Å²) < 4.78 is 1.77. The first-order valence-electron chi connectivity index (χ1n) is 7.30. The molecule has 0 amide bonds. The average molecular weight is 268 g/mol. The Morgan fingerprint density at radius 2 is 2.05 bits per heavy atom. The van der Waals surface area contributed by atoms with Crippen LogP contribution in [0.15, 0.2) is 41.5 Å². The smallest absolute Gasteiger partial charge is 0.257 e. The molecule has 3 rings (SSSR count). The summed E-state index contributed by atoms with van der Waals surface area (Å²) in [6.07, 6.45) is 4.61. The Kier molecular flexibility index (Phi) is 3.43. The van der Waals surface area contributed by atoms with Crippen molar-refractivity contribution in [2.75, 3.05) is 0 Å². The first kappa shape index (κ1) is 13.1. The summed E-state index contributed by atoms with van der Waals surface area (Å²) in [5, 5.41) is 0. The monoisotopic (exact) mass is 268 g/mol. The molecule has 1 aromatic heterocycles. The molecule has 3 heteroatoms. The maximum Gasteiger partial charge on any atom is 0.257 e. The zero-order valence-corrected chi connectivity index (χ0v) is 12.0. The molecule has 1 aliphatic carbocycles. The van der Waals surface area contributed by atoms with E-state index in [0.717, 1.165) is 36.1 Å². The second-order valence-electron chi connectivity index (χ2n) is 5.82. The van der Waals surface area contributed by atoms with E-state index in [4.69, 9.17) is 0 Å². The largest absolute Gasteiger partial charge is 0.292 e. The summed E-state index contributed by atoms with van der Waals surface area (Å²) in [5.41, 5.74) is 3.21. The topological polar surface area (TPSA) is 34.9 Å². The molecule has 0 saturated heterocycles. The van der Waals surface area contributed by atoms with Gasteiger partial charge in [0.05, 0.1) is 18.1 Å². The summed E-state index contributed by atoms with van der Waals surface area (Å²) in [7, 11) is 0. The third-order valence-electron chi connectivity index (χ3n) is 4.31. The van der Waals surface area contributed by atoms with Crippen LogP contribution >= 0.6 is 0 Å². The number of hydrogen-bond donors (Lipinski definition) is 0. The van der Waals surface area contributed by atoms with Crippen LogP contribution in [0.5, 0.6) is 0 Å². The average Bonchev–Trinajstić information content (AvgIpc) is 2.48. The third-order valence-corrected chi connectivity index (χ3v) is 4.31. The molecule has 0 aliphatic heterocycles. The van der Waals surface area contributed by atoms with Crippen LogP contribution in [0.4, 0.5) is 0 Å². The van der Waals surface area contributed by atoms with Crippen molar-refractivity contribution in [1.29, 1.82) is 0 Å². The van der Waals surface area contributed by atoms with Gasteiger partial charge in [0.15, 0.2) is 0 Å². The molecular weight excluding hydrogens is 248 g/mol. The van der Waals surface area contributed by atoms with Crippen LogP contribution in [0.1, 0.15) is 43.1 Å². The molecule has 1 unspecified atom stereocenters. The molecule has 1 aliphatic rings. The van der Waals surface area contributed by atoms with Gasteiger partial charge in [0, 0.05) is 5.56 Å². The molecule has 104 valence electrons. The number of benzene rings is 1. The summed E-state index contributed by atoms with van der Waals surface area (Å²) in [5.74, 6) is 0.636. The molecule has 0 fully saturated rings. The second-order valence-corrected chi connectivity index (χ2v) is 5.82. The standard InChI is InChI=1S/C17H20N2O/c1-12-8-9-15-16(10-12)18-11-19(17(15)20)13(2)14-6-4-3-5-7-14/h3-7,11-13H,8-10H2,1-2H3/t12?,13-/m0/s1. The lowest BCUT2D eigenvalue weighted by Gasteiger charge is -2.22. The van der Waals surface area contributed by atoms with Crippen molar-refractivity contribution < 1.29 is 0 Å². The predicted octanol–water partition coefficient (Wildman–Crippen LogP) is 2.98. The molecule has 0 N–H and O–H groups in total. The van der Waals surface area contributed by atoms with E-state index < -0.39 is 0 Å². The lowest BCUT2D eigenvalue weighted by molar-refractivity contribution is 0.475. The molecule has 20 heavy (non-hydrogen) atoms. The normalized spacial score (nSPS) is 19.4. The van der Waals surface area contributed by atoms with E-state index in [9.17, 15) is 4.79 Å². The highest BCUT2D eigenvalue weighted by Gasteiger charge is 2.21. The van der Waals surface area contributed by atoms with E-state index in [1.54, 1.807) is 10.9 Å². The molecule has 1 aromatic carbocycles. The minimum Gasteiger partial charge on any atom is -0.292 e. The lowest BCUT2D eigenvalue weighted by atomic mass is 9.89. The van der Waals surface area contributed by atoms with Crippen molar-refractivity contribution in [3.63, 3.8) is 0 Å². The van der Waals surface area contributed by atoms with Crippen molar-refractivity contribution in [3.8, 4) is 0 Å². The highest BCUT2D eigenvalue weighted by molar-refractivity contribution is 5.24. The van der Waals surface area contributed by atoms with Gasteiger partial charge in [0.25, 0.3) is 5.56 Å². The molecule has 0 radical (unpaired) electrons. The first-order chi connectivity index (χ1) is 9.66. The van der Waals surface area contributed by atoms with Gasteiger partial charge in [-0.15, -0.1) is 0 Å². The minimum atomic E-state index is 0.0286. The van der Waals surface area contributed by atoms with Gasteiger partial charge < -0.3 is 0 Å². The Bertz CT molecular complexity index is 660. The van der Waals surface area contributed by atoms with E-state index >= 15 is 0 Å². The van der Waals surface area contributed by atoms with Crippen LogP contribution in [0.2, 0.25) is 0 Å². The van der Waals surface area contributed by atoms with Gasteiger partial charge in [0.1, 0.15) is 0 Å². The maximum absolute atomic E-state index is 12.7.